The number of nitrogens with zero attached hydrogens (tertiary/aromatic N) is 4. The summed E-state index contributed by atoms with van der Waals surface area (Å²) >= 11 is 0. The topological polar surface area (TPSA) is 269 Å². The van der Waals surface area contributed by atoms with E-state index >= 15 is 0 Å². The number of ketones is 3. The van der Waals surface area contributed by atoms with Crippen LogP contribution in [0.15, 0.2) is 47.6 Å². The van der Waals surface area contributed by atoms with Crippen LogP contribution in [0.2, 0.25) is 0 Å². The quantitative estimate of drug-likeness (QED) is 0.0745. The normalized spacial score (nSPS) is 36.8. The minimum Gasteiger partial charge on any atom is -0.460 e. The maximum atomic E-state index is 14.6. The Labute approximate surface area is 459 Å². The molecular weight excluding hydrogens is 1010 g/mol. The number of fused-ring (bicyclic) bond motifs is 3. The number of methoxy groups -OCH3 is 2. The molecule has 2 bridgehead atoms. The van der Waals surface area contributed by atoms with E-state index in [1.807, 2.05) is 26.0 Å². The van der Waals surface area contributed by atoms with Crippen molar-refractivity contribution in [3.63, 3.8) is 0 Å². The van der Waals surface area contributed by atoms with E-state index in [-0.39, 0.29) is 81.9 Å². The van der Waals surface area contributed by atoms with Gasteiger partial charge in [-0.3, -0.25) is 29.6 Å². The molecule has 0 radical (unpaired) electrons. The largest absolute Gasteiger partial charge is 0.460 e. The molecule has 4 heterocycles. The maximum absolute atomic E-state index is 14.6. The molecule has 0 aromatic carbocycles. The first-order valence-corrected chi connectivity index (χ1v) is 27.9. The van der Waals surface area contributed by atoms with Crippen molar-refractivity contribution in [1.29, 1.82) is 0 Å². The molecule has 0 unspecified atom stereocenters. The second-order valence-electron chi connectivity index (χ2n) is 22.5. The highest BCUT2D eigenvalue weighted by Gasteiger charge is 2.53. The van der Waals surface area contributed by atoms with Gasteiger partial charge in [-0.15, -0.1) is 0 Å². The van der Waals surface area contributed by atoms with Crippen LogP contribution in [0.1, 0.15) is 126 Å². The van der Waals surface area contributed by atoms with Crippen molar-refractivity contribution in [1.82, 2.24) is 20.1 Å². The summed E-state index contributed by atoms with van der Waals surface area (Å²) in [6.07, 6.45) is 8.81. The Morgan fingerprint density at radius 3 is 2.24 bits per heavy atom. The summed E-state index contributed by atoms with van der Waals surface area (Å²) in [6, 6.07) is -2.94. The van der Waals surface area contributed by atoms with Crippen LogP contribution in [0, 0.1) is 41.4 Å². The van der Waals surface area contributed by atoms with Crippen molar-refractivity contribution in [2.45, 2.75) is 174 Å². The van der Waals surface area contributed by atoms with Crippen molar-refractivity contribution < 1.29 is 82.7 Å². The van der Waals surface area contributed by atoms with Gasteiger partial charge in [-0.1, -0.05) is 71.1 Å². The van der Waals surface area contributed by atoms with Gasteiger partial charge in [0.15, 0.2) is 5.78 Å². The third-order valence-electron chi connectivity index (χ3n) is 16.6. The third kappa shape index (κ3) is 16.7. The Bertz CT molecular complexity index is 2210. The minimum atomic E-state index is -2.64. The molecule has 21 heteroatoms. The molecule has 5 aliphatic rings. The average molecular weight is 1100 g/mol. The summed E-state index contributed by atoms with van der Waals surface area (Å²) in [6.45, 7) is 13.2. The van der Waals surface area contributed by atoms with Crippen LogP contribution < -0.4 is 0 Å². The maximum Gasteiger partial charge on any atom is 0.344 e. The molecule has 21 nitrogen and oxygen atoms in total. The highest BCUT2D eigenvalue weighted by atomic mass is 16.9. The SMILES string of the molecule is CO[C@@H]1C[C@H](C[C@@H](C)[C@@H]2CC(=O)[C@H](C)/C=C(\C)[C@@H](O)[C@@H](OC)C(=O)[C@H](C)C[C@H](C)/C=C/C=C/C=C(\C)[C@@H](N(O)C(=O)N3CCOCC3)C[C@@H]3CC[C@@H](C)[C@@](O)(O3)C(=O)C(=O)N3CCCC[C@H]3C(=O)O2)CC[C@H]1C(=O)ON(C)O. The minimum absolute atomic E-state index is 0.0163. The smallest absolute Gasteiger partial charge is 0.344 e. The van der Waals surface area contributed by atoms with Gasteiger partial charge in [-0.25, -0.2) is 14.4 Å². The number of hydrogen-bond acceptors (Lipinski definition) is 18. The molecule has 4 aliphatic heterocycles. The molecule has 1 aliphatic carbocycles. The van der Waals surface area contributed by atoms with Crippen LogP contribution >= 0.6 is 0 Å². The molecule has 3 saturated heterocycles. The lowest BCUT2D eigenvalue weighted by Gasteiger charge is -2.43. The number of hydroxylamine groups is 4. The Hall–Kier alpha value is -4.71. The number of amides is 3. The zero-order chi connectivity index (χ0) is 57.6. The summed E-state index contributed by atoms with van der Waals surface area (Å²) in [5.41, 5.74) is 0.867. The number of hydrogen-bond donors (Lipinski definition) is 4. The number of aliphatic hydroxyl groups excluding tert-OH is 1. The van der Waals surface area contributed by atoms with Gasteiger partial charge >= 0.3 is 18.0 Å². The molecule has 15 atom stereocenters. The van der Waals surface area contributed by atoms with Crippen LogP contribution in [-0.2, 0) is 57.3 Å². The van der Waals surface area contributed by atoms with Crippen molar-refractivity contribution >= 4 is 41.2 Å². The van der Waals surface area contributed by atoms with Crippen LogP contribution in [0.5, 0.6) is 0 Å². The highest BCUT2D eigenvalue weighted by molar-refractivity contribution is 6.39. The average Bonchev–Trinajstić information content (AvgIpc) is 3.43. The summed E-state index contributed by atoms with van der Waals surface area (Å²) in [7, 11) is 4.01. The van der Waals surface area contributed by atoms with Crippen LogP contribution in [0.4, 0.5) is 4.79 Å². The lowest BCUT2D eigenvalue weighted by atomic mass is 9.75. The van der Waals surface area contributed by atoms with Gasteiger partial charge in [0.2, 0.25) is 5.79 Å². The number of aliphatic hydroxyl groups is 2. The molecule has 78 heavy (non-hydrogen) atoms. The number of cyclic esters (lactones) is 1. The lowest BCUT2D eigenvalue weighted by Crippen LogP contribution is -2.61. The van der Waals surface area contributed by atoms with Gasteiger partial charge in [0.1, 0.15) is 30.1 Å². The molecule has 4 N–H and O–H groups in total. The number of morpholine rings is 1. The fourth-order valence-corrected chi connectivity index (χ4v) is 11.7. The summed E-state index contributed by atoms with van der Waals surface area (Å²) in [5, 5.41) is 45.9. The molecule has 5 rings (SSSR count). The standard InChI is InChI=1S/C57H88N4O17/c1-34-16-12-11-13-17-35(2)45(61(72)56(69)59-24-26-75-27-25-59)32-42-21-19-40(7)57(70,77-42)52(65)53(66)60-23-15-14-18-44(60)55(68)76-47(37(4)30-41-20-22-43(48(31-41)73-9)54(67)78-58(8)71)33-46(62)36(3)29-39(6)50(64)51(74-10)49(63)38(5)28-34/h11-13,16-17,29,34,36-38,40-45,47-48,50-51,64,70-72H,14-15,18-28,30-33H2,1-10H3/b13-11+,16-12+,35-17+,39-29+/t34-,36-,37-,38-,40-,41+,42+,43-,44+,45+,47+,48-,50-,51+,57-/m1/s1. The van der Waals surface area contributed by atoms with Crippen LogP contribution in [0.3, 0.4) is 0 Å². The summed E-state index contributed by atoms with van der Waals surface area (Å²) in [4.78, 5) is 106. The molecule has 3 amide bonds. The number of piperidine rings is 1. The number of carbonyl (C=O) groups excluding carboxylic acids is 7. The molecule has 4 fully saturated rings. The fraction of sp³-hybridized carbons (Fsp3) is 0.737. The summed E-state index contributed by atoms with van der Waals surface area (Å²) in [5.74, 6) is -10.7. The van der Waals surface area contributed by atoms with E-state index in [4.69, 9.17) is 28.5 Å². The van der Waals surface area contributed by atoms with E-state index < -0.39 is 108 Å². The predicted molar refractivity (Wildman–Crippen MR) is 283 cm³/mol. The predicted octanol–water partition coefficient (Wildman–Crippen LogP) is 5.71. The van der Waals surface area contributed by atoms with Gasteiger partial charge in [0.05, 0.1) is 44.4 Å². The lowest BCUT2D eigenvalue weighted by molar-refractivity contribution is -0.306. The highest BCUT2D eigenvalue weighted by Crippen LogP contribution is 2.39. The van der Waals surface area contributed by atoms with Crippen molar-refractivity contribution in [2.75, 3.05) is 54.1 Å². The second kappa shape index (κ2) is 29.7. The first-order chi connectivity index (χ1) is 36.9. The van der Waals surface area contributed by atoms with E-state index in [1.165, 1.54) is 26.2 Å². The number of allylic oxidation sites excluding steroid dienone is 6. The first kappa shape index (κ1) is 64.1. The Morgan fingerprint density at radius 1 is 0.872 bits per heavy atom. The zero-order valence-corrected chi connectivity index (χ0v) is 47.5. The zero-order valence-electron chi connectivity index (χ0n) is 47.5. The van der Waals surface area contributed by atoms with Crippen molar-refractivity contribution in [3.8, 4) is 0 Å². The molecule has 1 saturated carbocycles. The van der Waals surface area contributed by atoms with Crippen LogP contribution in [0.25, 0.3) is 0 Å². The molecule has 0 aromatic heterocycles. The van der Waals surface area contributed by atoms with Gasteiger partial charge in [0, 0.05) is 64.4 Å². The Kier molecular flexibility index (Phi) is 24.4. The number of Topliss-reactive ketones (excluding diaryl/α,β-unsaturated/α-hetero) is 3. The van der Waals surface area contributed by atoms with E-state index in [2.05, 4.69) is 0 Å². The van der Waals surface area contributed by atoms with Gasteiger partial charge in [0.25, 0.3) is 11.7 Å². The summed E-state index contributed by atoms with van der Waals surface area (Å²) < 4.78 is 29.3. The van der Waals surface area contributed by atoms with Gasteiger partial charge in [-0.05, 0) is 112 Å². The van der Waals surface area contributed by atoms with Gasteiger partial charge < -0.3 is 48.5 Å². The monoisotopic (exact) mass is 1100 g/mol. The molecule has 0 aromatic rings. The van der Waals surface area contributed by atoms with E-state index in [9.17, 15) is 54.2 Å². The third-order valence-corrected chi connectivity index (χ3v) is 16.6. The fourth-order valence-electron chi connectivity index (χ4n) is 11.7. The molecule has 0 spiro atoms. The van der Waals surface area contributed by atoms with E-state index in [0.29, 0.717) is 72.8 Å². The number of esters is 1. The first-order valence-electron chi connectivity index (χ1n) is 27.9. The molecular formula is C57H88N4O17. The van der Waals surface area contributed by atoms with Gasteiger partial charge in [-0.2, -0.15) is 5.06 Å². The Morgan fingerprint density at radius 2 is 1.58 bits per heavy atom. The molecule has 438 valence electrons. The van der Waals surface area contributed by atoms with E-state index in [1.54, 1.807) is 58.9 Å². The van der Waals surface area contributed by atoms with Crippen molar-refractivity contribution in [2.24, 2.45) is 41.4 Å². The number of carbonyl (C=O) groups is 7. The number of rotatable bonds is 8. The number of ether oxygens (including phenoxy) is 5. The Balaban J connectivity index is 1.50. The van der Waals surface area contributed by atoms with Crippen molar-refractivity contribution in [3.05, 3.63) is 47.6 Å². The second-order valence-corrected chi connectivity index (χ2v) is 22.5. The van der Waals surface area contributed by atoms with Crippen LogP contribution in [-0.4, -0.2) is 184 Å². The number of urea groups is 1. The van der Waals surface area contributed by atoms with E-state index in [0.717, 1.165) is 4.90 Å².